The molecule has 4 amide bonds. The Morgan fingerprint density at radius 1 is 0.281 bits per heavy atom. The molecule has 18 unspecified atom stereocenters. The summed E-state index contributed by atoms with van der Waals surface area (Å²) in [4.78, 5) is 103. The van der Waals surface area contributed by atoms with E-state index in [4.69, 9.17) is 109 Å². The van der Waals surface area contributed by atoms with Gasteiger partial charge in [0.25, 0.3) is 23.6 Å². The average Bonchev–Trinajstić information content (AvgIpc) is 1.74. The average molecular weight is 2170 g/mol. The molecule has 0 fully saturated rings. The van der Waals surface area contributed by atoms with Gasteiger partial charge < -0.3 is 160 Å². The molecule has 0 aromatic rings. The van der Waals surface area contributed by atoms with Gasteiger partial charge in [-0.15, -0.1) is 0 Å². The van der Waals surface area contributed by atoms with Gasteiger partial charge in [0, 0.05) is 87.4 Å². The molecule has 18 atom stereocenters. The molecule has 2 rings (SSSR count). The molecule has 0 saturated heterocycles. The molecule has 0 saturated carbocycles. The molecule has 828 valence electrons. The van der Waals surface area contributed by atoms with E-state index in [1.165, 1.54) is 51.6 Å². The van der Waals surface area contributed by atoms with E-state index in [9.17, 15) is 89.1 Å². The first-order valence-electron chi connectivity index (χ1n) is 45.3. The molecule has 2 heterocycles. The van der Waals surface area contributed by atoms with Crippen LogP contribution in [0.3, 0.4) is 0 Å². The van der Waals surface area contributed by atoms with Crippen LogP contribution in [0.2, 0.25) is 0 Å². The number of ketones is 2. The zero-order valence-electron chi connectivity index (χ0n) is 82.1. The monoisotopic (exact) mass is 2170 g/mol. The highest BCUT2D eigenvalue weighted by atomic mass is 33.1. The normalized spacial score (nSPS) is 15.8. The van der Waals surface area contributed by atoms with Crippen LogP contribution in [-0.2, 0) is 90.5 Å². The van der Waals surface area contributed by atoms with Gasteiger partial charge in [-0.2, -0.15) is 0 Å². The summed E-state index contributed by atoms with van der Waals surface area (Å²) in [6, 6.07) is 0. The Kier molecular flexibility index (Phi) is 118. The summed E-state index contributed by atoms with van der Waals surface area (Å²) in [5.74, 6) is -1.14. The van der Waals surface area contributed by atoms with Crippen molar-refractivity contribution in [1.82, 2.24) is 9.80 Å². The van der Waals surface area contributed by atoms with Gasteiger partial charge in [0.1, 0.15) is 36.0 Å². The van der Waals surface area contributed by atoms with Gasteiger partial charge in [-0.3, -0.25) is 53.0 Å². The standard InChI is InChI=1S/C15H23NO6.C14H21NO7.C10H20O4S2.C9H18O5S2.C9H18O5.C8H18O3S2.C8H18O3.C7H16O4S2.C7H16O4.CH4/c1-2-11(17)9-22-10-13(19)4-3-12(18)7-8-16-14(20)5-6-15(16)21;16-7-12(19)9-22-8-11(18)2-1-10(17)5-6-15-13(20)3-4-14(15)21;1-3-8(11)6-14-7-9(12)4-5-10(13)16-15-2;1-15-16-9(13)3-2-7(11)5-14-6-8(12)4-10;1-3-7(10)5-14-6-8(11)4-9(12)13-2;1-3-7(9)4-11-5-8(10)6-13-12-2;1-3-7(9)5-11-6-8(10)4-2;1-12-13-5-7(10)4-11-3-6(9)2-8;1-2-6(9)4-11-5-7(10)3-8;/h5-6,11,13,17,19H,2-4,7-10H2,1H3;3-4,11-12,16,18-19H,1-2,5-9H2;8-9,11-12H,3-7H2,1-2H3;7-8,10-12H,2-6H2,1H3;7-8,10-11H,3-6H2,1-2H3;7-10H,3-6H2,1-2H3;7-10H,3-6H2,1-2H3;6-10H,2-5H2,1H3;6-10H,2-5H2,1H3;1H4. The van der Waals surface area contributed by atoms with E-state index in [1.54, 1.807) is 43.2 Å². The van der Waals surface area contributed by atoms with E-state index in [2.05, 4.69) is 4.74 Å². The van der Waals surface area contributed by atoms with E-state index in [1.807, 2.05) is 73.5 Å². The molecule has 0 aromatic carbocycles. The summed E-state index contributed by atoms with van der Waals surface area (Å²) in [6.07, 6.45) is 7.42. The first-order chi connectivity index (χ1) is 65.5. The van der Waals surface area contributed by atoms with Crippen LogP contribution >= 0.6 is 86.4 Å². The lowest BCUT2D eigenvalue weighted by molar-refractivity contribution is -0.144. The van der Waals surface area contributed by atoms with Crippen LogP contribution in [-0.4, -0.2) is 485 Å². The maximum atomic E-state index is 11.7. The number of carbonyl (C=O) groups is 9. The van der Waals surface area contributed by atoms with Crippen LogP contribution < -0.4 is 0 Å². The molecule has 0 aromatic heterocycles. The van der Waals surface area contributed by atoms with Crippen molar-refractivity contribution in [3.8, 4) is 0 Å². The summed E-state index contributed by atoms with van der Waals surface area (Å²) in [5.41, 5.74) is 0. The quantitative estimate of drug-likeness (QED) is 0.0225. The summed E-state index contributed by atoms with van der Waals surface area (Å²) in [7, 11) is 12.8. The SMILES string of the molecule is C.CCC(O)COCC(O)CC.CCC(O)COCC(O)CC(=O)OC.CCC(O)COCC(O)CCC(=O)CCN1C(=O)C=CC1=O.CCC(O)COCC(O)CCC(=O)SSC.CCC(O)COCC(O)CO.CCC(O)COCC(O)CSSC.CSSC(=O)CCC(O)COCC(O)CO.CSSCC(O)COCC(O)CO.O=C(CCC(O)COCC(O)CO)CCN1C(=O)C=CC1=O. The lowest BCUT2D eigenvalue weighted by Crippen LogP contribution is -2.32. The molecule has 0 radical (unpaired) electrons. The number of Topliss-reactive ketones (excluding diaryl/α,β-unsaturated/α-hetero) is 2. The van der Waals surface area contributed by atoms with E-state index in [0.29, 0.717) is 109 Å². The zero-order chi connectivity index (χ0) is 106. The molecular weight excluding hydrogens is 2000 g/mol. The number of nitrogens with zero attached hydrogens (tertiary/aromatic N) is 2. The number of ether oxygens (including phenoxy) is 10. The molecular formula is C88H172N2O41S8. The Morgan fingerprint density at radius 2 is 0.475 bits per heavy atom. The van der Waals surface area contributed by atoms with E-state index < -0.39 is 134 Å². The fourth-order valence-electron chi connectivity index (χ4n) is 8.67. The highest BCUT2D eigenvalue weighted by Crippen LogP contribution is 2.23. The van der Waals surface area contributed by atoms with Crippen molar-refractivity contribution in [2.45, 2.75) is 281 Å². The Labute approximate surface area is 852 Å². The number of esters is 1. The number of rotatable bonds is 75. The zero-order valence-corrected chi connectivity index (χ0v) is 88.6. The van der Waals surface area contributed by atoms with Crippen molar-refractivity contribution in [2.75, 3.05) is 202 Å². The van der Waals surface area contributed by atoms with E-state index in [-0.39, 0.29) is 212 Å². The highest BCUT2D eigenvalue weighted by molar-refractivity contribution is 8.82. The lowest BCUT2D eigenvalue weighted by Gasteiger charge is -2.14. The van der Waals surface area contributed by atoms with Crippen LogP contribution in [0.25, 0.3) is 0 Å². The van der Waals surface area contributed by atoms with Crippen molar-refractivity contribution in [2.24, 2.45) is 0 Å². The number of amides is 4. The van der Waals surface area contributed by atoms with Crippen LogP contribution in [0, 0.1) is 0 Å². The van der Waals surface area contributed by atoms with Gasteiger partial charge in [-0.25, -0.2) is 0 Å². The first-order valence-corrected chi connectivity index (χ1v) is 55.9. The number of aliphatic hydroxyl groups excluding tert-OH is 22. The molecule has 51 heteroatoms. The topological polar surface area (TPSA) is 697 Å². The van der Waals surface area contributed by atoms with Crippen molar-refractivity contribution in [1.29, 1.82) is 0 Å². The molecule has 2 aliphatic heterocycles. The molecule has 0 aliphatic carbocycles. The third kappa shape index (κ3) is 108. The second-order valence-electron chi connectivity index (χ2n) is 30.2. The van der Waals surface area contributed by atoms with Gasteiger partial charge in [-0.1, -0.05) is 121 Å². The van der Waals surface area contributed by atoms with Gasteiger partial charge in [0.2, 0.25) is 0 Å². The largest absolute Gasteiger partial charge is 0.469 e. The number of imide groups is 2. The highest BCUT2D eigenvalue weighted by Gasteiger charge is 2.26. The maximum Gasteiger partial charge on any atom is 0.308 e. The van der Waals surface area contributed by atoms with E-state index >= 15 is 0 Å². The van der Waals surface area contributed by atoms with Crippen LogP contribution in [0.1, 0.15) is 171 Å². The van der Waals surface area contributed by atoms with Crippen molar-refractivity contribution >= 4 is 138 Å². The number of carbonyl (C=O) groups excluding carboxylic acids is 9. The fourth-order valence-corrected chi connectivity index (χ4v) is 13.6. The minimum absolute atomic E-state index is 0. The van der Waals surface area contributed by atoms with Gasteiger partial charge >= 0.3 is 5.97 Å². The van der Waals surface area contributed by atoms with Crippen LogP contribution in [0.15, 0.2) is 24.3 Å². The summed E-state index contributed by atoms with van der Waals surface area (Å²) in [5, 5.41) is 199. The van der Waals surface area contributed by atoms with Crippen molar-refractivity contribution in [3.63, 3.8) is 0 Å². The number of aliphatic hydroxyl groups is 22. The summed E-state index contributed by atoms with van der Waals surface area (Å²) < 4.78 is 49.5. The predicted octanol–water partition coefficient (Wildman–Crippen LogP) is 0.549. The van der Waals surface area contributed by atoms with Crippen molar-refractivity contribution in [3.05, 3.63) is 24.3 Å². The summed E-state index contributed by atoms with van der Waals surface area (Å²) >= 11 is 0. The number of hydrogen-bond donors (Lipinski definition) is 22. The first kappa shape index (κ1) is 152. The molecule has 0 bridgehead atoms. The molecule has 139 heavy (non-hydrogen) atoms. The fraction of sp³-hybridized carbons (Fsp3) is 0.852. The van der Waals surface area contributed by atoms with Crippen LogP contribution in [0.4, 0.5) is 0 Å². The van der Waals surface area contributed by atoms with Gasteiger partial charge in [0.15, 0.2) is 10.2 Å². The van der Waals surface area contributed by atoms with Crippen molar-refractivity contribution < 1.29 is 203 Å². The number of hydrogen-bond acceptors (Lipinski definition) is 49. The smallest absolute Gasteiger partial charge is 0.308 e. The van der Waals surface area contributed by atoms with Crippen LogP contribution in [0.5, 0.6) is 0 Å². The minimum Gasteiger partial charge on any atom is -0.469 e. The Morgan fingerprint density at radius 3 is 0.669 bits per heavy atom. The third-order valence-electron chi connectivity index (χ3n) is 17.4. The Hall–Kier alpha value is -2.53. The lowest BCUT2D eigenvalue weighted by atomic mass is 10.1. The predicted molar refractivity (Wildman–Crippen MR) is 541 cm³/mol. The van der Waals surface area contributed by atoms with Gasteiger partial charge in [-0.05, 0) is 117 Å². The maximum absolute atomic E-state index is 11.7. The molecule has 22 N–H and O–H groups in total. The third-order valence-corrected chi connectivity index (χ3v) is 24.3. The second-order valence-corrected chi connectivity index (χ2v) is 40.3. The number of methoxy groups -OCH3 is 1. The Bertz CT molecular complexity index is 2710. The second kappa shape index (κ2) is 108. The molecule has 2 aliphatic rings. The molecule has 43 nitrogen and oxygen atoms in total. The Balaban J connectivity index is -0.000000234. The van der Waals surface area contributed by atoms with Gasteiger partial charge in [0.05, 0.1) is 244 Å². The summed E-state index contributed by atoms with van der Waals surface area (Å²) in [6.45, 7) is 14.4. The minimum atomic E-state index is -0.988. The molecule has 0 spiro atoms. The van der Waals surface area contributed by atoms with E-state index in [0.717, 1.165) is 32.7 Å².